The van der Waals surface area contributed by atoms with E-state index in [1.807, 2.05) is 13.8 Å². The van der Waals surface area contributed by atoms with Crippen molar-refractivity contribution in [2.45, 2.75) is 45.6 Å². The number of nitrogens with one attached hydrogen (secondary N) is 1. The van der Waals surface area contributed by atoms with Gasteiger partial charge in [0, 0.05) is 19.3 Å². The van der Waals surface area contributed by atoms with Crippen LogP contribution >= 0.6 is 0 Å². The number of hydrogen-bond acceptors (Lipinski definition) is 4. The SMILES string of the molecule is CC1(C)CC(=O)N(C2CCC(=O)NC2=O)C(=O)C1. The Labute approximate surface area is 105 Å². The van der Waals surface area contributed by atoms with Gasteiger partial charge in [0.05, 0.1) is 0 Å². The van der Waals surface area contributed by atoms with Gasteiger partial charge in [-0.1, -0.05) is 13.8 Å². The van der Waals surface area contributed by atoms with Crippen LogP contribution in [0.25, 0.3) is 0 Å². The highest BCUT2D eigenvalue weighted by molar-refractivity contribution is 6.07. The number of amides is 4. The number of piperidine rings is 2. The number of hydrogen-bond donors (Lipinski definition) is 1. The van der Waals surface area contributed by atoms with E-state index >= 15 is 0 Å². The van der Waals surface area contributed by atoms with Gasteiger partial charge in [-0.2, -0.15) is 0 Å². The van der Waals surface area contributed by atoms with Gasteiger partial charge in [-0.05, 0) is 11.8 Å². The second-order valence-corrected chi connectivity index (χ2v) is 5.64. The summed E-state index contributed by atoms with van der Waals surface area (Å²) in [6.07, 6.45) is 0.881. The molecule has 98 valence electrons. The number of carbonyl (C=O) groups is 4. The van der Waals surface area contributed by atoms with E-state index in [9.17, 15) is 19.2 Å². The zero-order chi connectivity index (χ0) is 13.5. The Bertz CT molecular complexity index is 421. The van der Waals surface area contributed by atoms with Crippen LogP contribution in [0.15, 0.2) is 0 Å². The second kappa shape index (κ2) is 4.19. The molecule has 18 heavy (non-hydrogen) atoms. The smallest absolute Gasteiger partial charge is 0.249 e. The van der Waals surface area contributed by atoms with E-state index in [1.165, 1.54) is 0 Å². The van der Waals surface area contributed by atoms with Gasteiger partial charge in [0.1, 0.15) is 6.04 Å². The summed E-state index contributed by atoms with van der Waals surface area (Å²) in [4.78, 5) is 47.7. The Morgan fingerprint density at radius 2 is 1.67 bits per heavy atom. The van der Waals surface area contributed by atoms with E-state index in [4.69, 9.17) is 0 Å². The fourth-order valence-electron chi connectivity index (χ4n) is 2.47. The molecule has 0 saturated carbocycles. The second-order valence-electron chi connectivity index (χ2n) is 5.64. The average molecular weight is 252 g/mol. The fourth-order valence-corrected chi connectivity index (χ4v) is 2.47. The summed E-state index contributed by atoms with van der Waals surface area (Å²) in [6.45, 7) is 3.70. The third kappa shape index (κ3) is 2.27. The molecule has 0 bridgehead atoms. The lowest BCUT2D eigenvalue weighted by Gasteiger charge is -2.39. The third-order valence-corrected chi connectivity index (χ3v) is 3.32. The standard InChI is InChI=1S/C12H16N2O4/c1-12(2)5-9(16)14(10(17)6-12)7-3-4-8(15)13-11(7)18/h7H,3-6H2,1-2H3,(H,13,15,18). The van der Waals surface area contributed by atoms with Crippen molar-refractivity contribution in [3.8, 4) is 0 Å². The molecular weight excluding hydrogens is 236 g/mol. The van der Waals surface area contributed by atoms with Crippen LogP contribution < -0.4 is 5.32 Å². The zero-order valence-corrected chi connectivity index (χ0v) is 10.5. The number of carbonyl (C=O) groups excluding carboxylic acids is 4. The summed E-state index contributed by atoms with van der Waals surface area (Å²) in [7, 11) is 0. The molecule has 2 aliphatic heterocycles. The van der Waals surface area contributed by atoms with Crippen molar-refractivity contribution in [1.82, 2.24) is 10.2 Å². The molecule has 4 amide bonds. The van der Waals surface area contributed by atoms with Crippen LogP contribution in [0.3, 0.4) is 0 Å². The van der Waals surface area contributed by atoms with Crippen molar-refractivity contribution >= 4 is 23.6 Å². The van der Waals surface area contributed by atoms with Crippen molar-refractivity contribution in [1.29, 1.82) is 0 Å². The van der Waals surface area contributed by atoms with Gasteiger partial charge < -0.3 is 0 Å². The van der Waals surface area contributed by atoms with Crippen LogP contribution in [0.5, 0.6) is 0 Å². The molecule has 2 rings (SSSR count). The molecule has 2 aliphatic rings. The summed E-state index contributed by atoms with van der Waals surface area (Å²) in [5.41, 5.74) is -0.356. The van der Waals surface area contributed by atoms with Crippen molar-refractivity contribution < 1.29 is 19.2 Å². The zero-order valence-electron chi connectivity index (χ0n) is 10.5. The van der Waals surface area contributed by atoms with E-state index in [-0.39, 0.29) is 48.8 Å². The van der Waals surface area contributed by atoms with Gasteiger partial charge in [0.2, 0.25) is 23.6 Å². The maximum atomic E-state index is 12.0. The van der Waals surface area contributed by atoms with Crippen molar-refractivity contribution in [2.75, 3.05) is 0 Å². The summed E-state index contributed by atoms with van der Waals surface area (Å²) in [5, 5.41) is 2.16. The molecule has 1 unspecified atom stereocenters. The van der Waals surface area contributed by atoms with Crippen molar-refractivity contribution in [2.24, 2.45) is 5.41 Å². The normalized spacial score (nSPS) is 28.3. The maximum Gasteiger partial charge on any atom is 0.249 e. The predicted molar refractivity (Wildman–Crippen MR) is 61.0 cm³/mol. The fraction of sp³-hybridized carbons (Fsp3) is 0.667. The first-order valence-electron chi connectivity index (χ1n) is 5.99. The molecule has 0 spiro atoms. The van der Waals surface area contributed by atoms with E-state index < -0.39 is 11.9 Å². The minimum atomic E-state index is -0.821. The third-order valence-electron chi connectivity index (χ3n) is 3.32. The van der Waals surface area contributed by atoms with Crippen LogP contribution in [-0.2, 0) is 19.2 Å². The first-order chi connectivity index (χ1) is 8.30. The Balaban J connectivity index is 2.18. The summed E-state index contributed by atoms with van der Waals surface area (Å²) < 4.78 is 0. The van der Waals surface area contributed by atoms with Crippen molar-refractivity contribution in [3.05, 3.63) is 0 Å². The minimum absolute atomic E-state index is 0.164. The molecular formula is C12H16N2O4. The molecule has 2 saturated heterocycles. The monoisotopic (exact) mass is 252 g/mol. The molecule has 1 N–H and O–H groups in total. The highest BCUT2D eigenvalue weighted by atomic mass is 16.2. The predicted octanol–water partition coefficient (Wildman–Crippen LogP) is -0.0332. The lowest BCUT2D eigenvalue weighted by atomic mass is 9.81. The van der Waals surface area contributed by atoms with Gasteiger partial charge >= 0.3 is 0 Å². The molecule has 2 heterocycles. The van der Waals surface area contributed by atoms with Crippen molar-refractivity contribution in [3.63, 3.8) is 0 Å². The van der Waals surface area contributed by atoms with Crippen LogP contribution in [0.4, 0.5) is 0 Å². The average Bonchev–Trinajstić information content (AvgIpc) is 2.18. The van der Waals surface area contributed by atoms with Crippen LogP contribution in [0, 0.1) is 5.41 Å². The first-order valence-corrected chi connectivity index (χ1v) is 5.99. The number of likely N-dealkylation sites (tertiary alicyclic amines) is 1. The number of nitrogens with zero attached hydrogens (tertiary/aromatic N) is 1. The van der Waals surface area contributed by atoms with Gasteiger partial charge in [-0.3, -0.25) is 29.4 Å². The Morgan fingerprint density at radius 3 is 2.17 bits per heavy atom. The van der Waals surface area contributed by atoms with E-state index in [1.54, 1.807) is 0 Å². The maximum absolute atomic E-state index is 12.0. The molecule has 0 aliphatic carbocycles. The molecule has 0 radical (unpaired) electrons. The van der Waals surface area contributed by atoms with Crippen LogP contribution in [0.1, 0.15) is 39.5 Å². The molecule has 0 aromatic rings. The largest absolute Gasteiger partial charge is 0.295 e. The lowest BCUT2D eigenvalue weighted by Crippen LogP contribution is -2.59. The molecule has 6 nitrogen and oxygen atoms in total. The summed E-state index contributed by atoms with van der Waals surface area (Å²) in [6, 6.07) is -0.821. The van der Waals surface area contributed by atoms with Crippen LogP contribution in [-0.4, -0.2) is 34.6 Å². The minimum Gasteiger partial charge on any atom is -0.295 e. The Hall–Kier alpha value is -1.72. The summed E-state index contributed by atoms with van der Waals surface area (Å²) in [5.74, 6) is -1.56. The molecule has 6 heteroatoms. The van der Waals surface area contributed by atoms with Gasteiger partial charge in [0.25, 0.3) is 0 Å². The first kappa shape index (κ1) is 12.7. The Morgan fingerprint density at radius 1 is 1.11 bits per heavy atom. The highest BCUT2D eigenvalue weighted by Crippen LogP contribution is 2.33. The van der Waals surface area contributed by atoms with E-state index in [2.05, 4.69) is 5.32 Å². The van der Waals surface area contributed by atoms with Crippen LogP contribution in [0.2, 0.25) is 0 Å². The number of imide groups is 2. The highest BCUT2D eigenvalue weighted by Gasteiger charge is 2.44. The summed E-state index contributed by atoms with van der Waals surface area (Å²) >= 11 is 0. The topological polar surface area (TPSA) is 83.6 Å². The molecule has 2 fully saturated rings. The van der Waals surface area contributed by atoms with Gasteiger partial charge in [-0.25, -0.2) is 0 Å². The van der Waals surface area contributed by atoms with E-state index in [0.29, 0.717) is 0 Å². The van der Waals surface area contributed by atoms with Gasteiger partial charge in [-0.15, -0.1) is 0 Å². The quantitative estimate of drug-likeness (QED) is 0.664. The Kier molecular flexibility index (Phi) is 2.96. The molecule has 0 aromatic heterocycles. The molecule has 0 aromatic carbocycles. The molecule has 1 atom stereocenters. The number of rotatable bonds is 1. The lowest BCUT2D eigenvalue weighted by molar-refractivity contribution is -0.161. The van der Waals surface area contributed by atoms with E-state index in [0.717, 1.165) is 4.90 Å². The van der Waals surface area contributed by atoms with Gasteiger partial charge in [0.15, 0.2) is 0 Å².